The van der Waals surface area contributed by atoms with Crippen molar-refractivity contribution in [3.63, 3.8) is 0 Å². The average Bonchev–Trinajstić information content (AvgIpc) is 2.34. The van der Waals surface area contributed by atoms with E-state index in [9.17, 15) is 0 Å². The molecule has 0 amide bonds. The molecule has 1 heterocycles. The zero-order valence-electron chi connectivity index (χ0n) is 10.0. The lowest BCUT2D eigenvalue weighted by Crippen LogP contribution is -2.30. The zero-order chi connectivity index (χ0) is 13.1. The number of benzene rings is 1. The third-order valence-corrected chi connectivity index (χ3v) is 3.15. The lowest BCUT2D eigenvalue weighted by atomic mass is 9.96. The Morgan fingerprint density at radius 2 is 2.06 bits per heavy atom. The van der Waals surface area contributed by atoms with Crippen LogP contribution in [0.4, 0.5) is 5.69 Å². The highest BCUT2D eigenvalue weighted by Gasteiger charge is 2.17. The van der Waals surface area contributed by atoms with Gasteiger partial charge >= 0.3 is 0 Å². The topological polar surface area (TPSA) is 77.0 Å². The van der Waals surface area contributed by atoms with Crippen molar-refractivity contribution in [3.8, 4) is 0 Å². The molecule has 0 saturated carbocycles. The number of nitrogens with two attached hydrogens (primary N) is 2. The second-order valence-electron chi connectivity index (χ2n) is 4.11. The van der Waals surface area contributed by atoms with Gasteiger partial charge in [-0.2, -0.15) is 0 Å². The second kappa shape index (κ2) is 5.35. The maximum absolute atomic E-state index is 5.98. The van der Waals surface area contributed by atoms with Gasteiger partial charge in [0.2, 0.25) is 0 Å². The fraction of sp³-hybridized carbons (Fsp3) is 0.154. The van der Waals surface area contributed by atoms with Crippen LogP contribution in [0.15, 0.2) is 36.7 Å². The van der Waals surface area contributed by atoms with E-state index in [1.807, 2.05) is 19.1 Å². The number of anilines is 1. The molecule has 2 rings (SSSR count). The van der Waals surface area contributed by atoms with E-state index in [2.05, 4.69) is 10.4 Å². The summed E-state index contributed by atoms with van der Waals surface area (Å²) in [4.78, 5) is 4.12. The molecule has 94 valence electrons. The number of hydrazine groups is 1. The number of nitrogens with one attached hydrogen (secondary N) is 1. The summed E-state index contributed by atoms with van der Waals surface area (Å²) in [5.74, 6) is 5.65. The summed E-state index contributed by atoms with van der Waals surface area (Å²) in [7, 11) is 0. The van der Waals surface area contributed by atoms with Gasteiger partial charge in [-0.05, 0) is 41.8 Å². The maximum Gasteiger partial charge on any atom is 0.0747 e. The predicted octanol–water partition coefficient (Wildman–Crippen LogP) is 2.18. The first-order chi connectivity index (χ1) is 8.63. The van der Waals surface area contributed by atoms with Gasteiger partial charge in [0.25, 0.3) is 0 Å². The molecule has 5 heteroatoms. The Hall–Kier alpha value is -1.62. The molecule has 0 aliphatic rings. The van der Waals surface area contributed by atoms with E-state index in [1.54, 1.807) is 24.5 Å². The van der Waals surface area contributed by atoms with Gasteiger partial charge in [0.1, 0.15) is 0 Å². The first kappa shape index (κ1) is 12.8. The van der Waals surface area contributed by atoms with E-state index in [-0.39, 0.29) is 6.04 Å². The van der Waals surface area contributed by atoms with Crippen LogP contribution in [-0.4, -0.2) is 4.98 Å². The van der Waals surface area contributed by atoms with Gasteiger partial charge in [-0.25, -0.2) is 5.43 Å². The standard InChI is InChI=1S/C13H15ClN4/c1-8-4-5-17-7-11(8)13(18-16)10-3-2-9(14)6-12(10)15/h2-7,13,18H,15-16H2,1H3. The number of nitrogen functional groups attached to an aromatic ring is 1. The van der Waals surface area contributed by atoms with Crippen LogP contribution in [0.2, 0.25) is 5.02 Å². The van der Waals surface area contributed by atoms with Gasteiger partial charge in [-0.1, -0.05) is 17.7 Å². The van der Waals surface area contributed by atoms with Crippen LogP contribution in [0.1, 0.15) is 22.7 Å². The minimum atomic E-state index is -0.198. The van der Waals surface area contributed by atoms with Crippen molar-refractivity contribution in [1.82, 2.24) is 10.4 Å². The van der Waals surface area contributed by atoms with Gasteiger partial charge in [0.15, 0.2) is 0 Å². The normalized spacial score (nSPS) is 12.4. The van der Waals surface area contributed by atoms with Gasteiger partial charge < -0.3 is 5.73 Å². The number of hydrogen-bond acceptors (Lipinski definition) is 4. The van der Waals surface area contributed by atoms with E-state index in [0.29, 0.717) is 10.7 Å². The Morgan fingerprint density at radius 3 is 2.67 bits per heavy atom. The number of rotatable bonds is 3. The highest BCUT2D eigenvalue weighted by molar-refractivity contribution is 6.30. The summed E-state index contributed by atoms with van der Waals surface area (Å²) in [5.41, 5.74) is 12.3. The molecule has 2 aromatic rings. The average molecular weight is 263 g/mol. The van der Waals surface area contributed by atoms with Crippen molar-refractivity contribution in [2.24, 2.45) is 5.84 Å². The van der Waals surface area contributed by atoms with Gasteiger partial charge in [-0.15, -0.1) is 0 Å². The Labute approximate surface area is 111 Å². The number of aryl methyl sites for hydroxylation is 1. The third-order valence-electron chi connectivity index (χ3n) is 2.92. The fourth-order valence-electron chi connectivity index (χ4n) is 1.93. The van der Waals surface area contributed by atoms with Crippen LogP contribution in [0, 0.1) is 6.92 Å². The molecule has 0 spiro atoms. The lowest BCUT2D eigenvalue weighted by molar-refractivity contribution is 0.633. The van der Waals surface area contributed by atoms with Crippen LogP contribution in [-0.2, 0) is 0 Å². The van der Waals surface area contributed by atoms with E-state index in [0.717, 1.165) is 16.7 Å². The quantitative estimate of drug-likeness (QED) is 0.450. The highest BCUT2D eigenvalue weighted by Crippen LogP contribution is 2.29. The van der Waals surface area contributed by atoms with Crippen LogP contribution in [0.5, 0.6) is 0 Å². The smallest absolute Gasteiger partial charge is 0.0747 e. The number of hydrogen-bond donors (Lipinski definition) is 3. The molecule has 5 N–H and O–H groups in total. The molecule has 1 aromatic carbocycles. The summed E-state index contributed by atoms with van der Waals surface area (Å²) in [5, 5.41) is 0.606. The van der Waals surface area contributed by atoms with Gasteiger partial charge in [0.05, 0.1) is 6.04 Å². The first-order valence-electron chi connectivity index (χ1n) is 5.55. The number of nitrogens with zero attached hydrogens (tertiary/aromatic N) is 1. The van der Waals surface area contributed by atoms with Crippen LogP contribution < -0.4 is 17.0 Å². The van der Waals surface area contributed by atoms with Crippen molar-refractivity contribution >= 4 is 17.3 Å². The van der Waals surface area contributed by atoms with Crippen molar-refractivity contribution < 1.29 is 0 Å². The van der Waals surface area contributed by atoms with E-state index in [4.69, 9.17) is 23.2 Å². The van der Waals surface area contributed by atoms with Crippen molar-refractivity contribution in [1.29, 1.82) is 0 Å². The van der Waals surface area contributed by atoms with Crippen LogP contribution in [0.25, 0.3) is 0 Å². The number of halogens is 1. The highest BCUT2D eigenvalue weighted by atomic mass is 35.5. The van der Waals surface area contributed by atoms with E-state index >= 15 is 0 Å². The first-order valence-corrected chi connectivity index (χ1v) is 5.93. The van der Waals surface area contributed by atoms with Gasteiger partial charge in [0, 0.05) is 23.1 Å². The summed E-state index contributed by atoms with van der Waals surface area (Å²) < 4.78 is 0. The van der Waals surface area contributed by atoms with Crippen LogP contribution in [0.3, 0.4) is 0 Å². The maximum atomic E-state index is 5.98. The molecule has 0 aliphatic heterocycles. The predicted molar refractivity (Wildman–Crippen MR) is 74.0 cm³/mol. The molecule has 1 aromatic heterocycles. The molecule has 0 bridgehead atoms. The lowest BCUT2D eigenvalue weighted by Gasteiger charge is -2.20. The second-order valence-corrected chi connectivity index (χ2v) is 4.54. The van der Waals surface area contributed by atoms with E-state index < -0.39 is 0 Å². The Morgan fingerprint density at radius 1 is 1.28 bits per heavy atom. The molecule has 0 saturated heterocycles. The SMILES string of the molecule is Cc1ccncc1C(NN)c1ccc(Cl)cc1N. The monoisotopic (exact) mass is 262 g/mol. The summed E-state index contributed by atoms with van der Waals surface area (Å²) in [6, 6.07) is 7.12. The number of pyridine rings is 1. The van der Waals surface area contributed by atoms with Crippen molar-refractivity contribution in [3.05, 3.63) is 58.4 Å². The summed E-state index contributed by atoms with van der Waals surface area (Å²) in [6.07, 6.45) is 3.53. The van der Waals surface area contributed by atoms with Crippen LogP contribution >= 0.6 is 11.6 Å². The Bertz CT molecular complexity index is 556. The Kier molecular flexibility index (Phi) is 3.81. The largest absolute Gasteiger partial charge is 0.398 e. The minimum Gasteiger partial charge on any atom is -0.398 e. The zero-order valence-corrected chi connectivity index (χ0v) is 10.8. The summed E-state index contributed by atoms with van der Waals surface area (Å²) in [6.45, 7) is 2.01. The molecule has 0 radical (unpaired) electrons. The fourth-order valence-corrected chi connectivity index (χ4v) is 2.11. The van der Waals surface area contributed by atoms with Crippen molar-refractivity contribution in [2.45, 2.75) is 13.0 Å². The summed E-state index contributed by atoms with van der Waals surface area (Å²) >= 11 is 5.90. The molecule has 0 aliphatic carbocycles. The molecular weight excluding hydrogens is 248 g/mol. The molecule has 0 fully saturated rings. The van der Waals surface area contributed by atoms with Crippen molar-refractivity contribution in [2.75, 3.05) is 5.73 Å². The third kappa shape index (κ3) is 2.46. The Balaban J connectivity index is 2.49. The molecule has 18 heavy (non-hydrogen) atoms. The molecule has 1 atom stereocenters. The molecule has 1 unspecified atom stereocenters. The van der Waals surface area contributed by atoms with E-state index in [1.165, 1.54) is 0 Å². The van der Waals surface area contributed by atoms with Gasteiger partial charge in [-0.3, -0.25) is 10.8 Å². The molecule has 4 nitrogen and oxygen atoms in total. The number of aromatic nitrogens is 1. The molecular formula is C13H15ClN4. The minimum absolute atomic E-state index is 0.198.